The Morgan fingerprint density at radius 2 is 2.05 bits per heavy atom. The van der Waals surface area contributed by atoms with Crippen LogP contribution in [0, 0.1) is 5.41 Å². The predicted octanol–water partition coefficient (Wildman–Crippen LogP) is 2.84. The maximum atomic E-state index is 11.3. The zero-order valence-electron chi connectivity index (χ0n) is 13.5. The van der Waals surface area contributed by atoms with Crippen LogP contribution in [-0.2, 0) is 14.3 Å². The van der Waals surface area contributed by atoms with E-state index in [1.165, 1.54) is 12.5 Å². The highest BCUT2D eigenvalue weighted by molar-refractivity contribution is 5.73. The second-order valence-corrected chi connectivity index (χ2v) is 7.01. The second kappa shape index (κ2) is 6.27. The molecule has 0 aromatic heterocycles. The Morgan fingerprint density at radius 1 is 1.45 bits per heavy atom. The quantitative estimate of drug-likeness (QED) is 0.602. The highest BCUT2D eigenvalue weighted by Crippen LogP contribution is 2.37. The van der Waals surface area contributed by atoms with Crippen LogP contribution >= 0.6 is 0 Å². The Bertz CT molecular complexity index is 380. The Balaban J connectivity index is 2.52. The van der Waals surface area contributed by atoms with Gasteiger partial charge in [0.2, 0.25) is 0 Å². The number of esters is 1. The van der Waals surface area contributed by atoms with E-state index in [9.17, 15) is 4.79 Å². The van der Waals surface area contributed by atoms with Gasteiger partial charge in [-0.25, -0.2) is 4.79 Å². The summed E-state index contributed by atoms with van der Waals surface area (Å²) >= 11 is 0. The normalized spacial score (nSPS) is 21.2. The van der Waals surface area contributed by atoms with Crippen molar-refractivity contribution in [1.82, 2.24) is 0 Å². The van der Waals surface area contributed by atoms with Crippen molar-refractivity contribution in [3.63, 3.8) is 0 Å². The van der Waals surface area contributed by atoms with Gasteiger partial charge in [0, 0.05) is 0 Å². The highest BCUT2D eigenvalue weighted by Gasteiger charge is 2.30. The monoisotopic (exact) mass is 284 g/mol. The van der Waals surface area contributed by atoms with Crippen LogP contribution in [0.25, 0.3) is 0 Å². The fourth-order valence-corrected chi connectivity index (χ4v) is 2.39. The van der Waals surface area contributed by atoms with Gasteiger partial charge in [0.1, 0.15) is 12.7 Å². The lowest BCUT2D eigenvalue weighted by molar-refractivity contribution is -0.163. The Hall–Kier alpha value is -0.870. The van der Waals surface area contributed by atoms with Crippen molar-refractivity contribution in [2.24, 2.45) is 5.41 Å². The van der Waals surface area contributed by atoms with Gasteiger partial charge in [-0.05, 0) is 51.5 Å². The maximum Gasteiger partial charge on any atom is 0.334 e. The standard InChI is InChI=1S/C16H28O4/c1-11(17)14(18)19-10-16(5,6)20-12(2)13-7-8-15(3,4)9-13/h9,11-12,17H,7-8,10H2,1-6H3/t11-,12?/m0/s1. The fraction of sp³-hybridized carbons (Fsp3) is 0.812. The van der Waals surface area contributed by atoms with Gasteiger partial charge < -0.3 is 14.6 Å². The van der Waals surface area contributed by atoms with E-state index in [1.54, 1.807) is 0 Å². The van der Waals surface area contributed by atoms with Gasteiger partial charge in [0.25, 0.3) is 0 Å². The third-order valence-electron chi connectivity index (χ3n) is 3.56. The van der Waals surface area contributed by atoms with Crippen molar-refractivity contribution < 1.29 is 19.4 Å². The summed E-state index contributed by atoms with van der Waals surface area (Å²) in [5.74, 6) is -0.615. The Labute approximate surface area is 122 Å². The van der Waals surface area contributed by atoms with Gasteiger partial charge in [0.05, 0.1) is 11.7 Å². The summed E-state index contributed by atoms with van der Waals surface area (Å²) in [7, 11) is 0. The molecule has 116 valence electrons. The highest BCUT2D eigenvalue weighted by atomic mass is 16.6. The van der Waals surface area contributed by atoms with Crippen LogP contribution in [0.2, 0.25) is 0 Å². The van der Waals surface area contributed by atoms with Gasteiger partial charge >= 0.3 is 5.97 Å². The molecule has 0 radical (unpaired) electrons. The molecule has 1 unspecified atom stereocenters. The average Bonchev–Trinajstić information content (AvgIpc) is 2.66. The number of aliphatic hydroxyl groups excluding tert-OH is 1. The van der Waals surface area contributed by atoms with E-state index in [0.29, 0.717) is 0 Å². The molecular formula is C16H28O4. The number of allylic oxidation sites excluding steroid dienone is 1. The molecule has 0 aliphatic heterocycles. The second-order valence-electron chi connectivity index (χ2n) is 7.01. The minimum atomic E-state index is -1.10. The number of rotatable bonds is 6. The molecule has 0 aromatic rings. The van der Waals surface area contributed by atoms with E-state index in [4.69, 9.17) is 14.6 Å². The fourth-order valence-electron chi connectivity index (χ4n) is 2.39. The van der Waals surface area contributed by atoms with Crippen molar-refractivity contribution in [2.45, 2.75) is 72.2 Å². The van der Waals surface area contributed by atoms with E-state index in [1.807, 2.05) is 20.8 Å². The van der Waals surface area contributed by atoms with Crippen molar-refractivity contribution in [3.05, 3.63) is 11.6 Å². The lowest BCUT2D eigenvalue weighted by Gasteiger charge is -2.29. The van der Waals surface area contributed by atoms with Crippen LogP contribution in [0.1, 0.15) is 54.4 Å². The first-order valence-corrected chi connectivity index (χ1v) is 7.27. The molecule has 0 heterocycles. The summed E-state index contributed by atoms with van der Waals surface area (Å²) < 4.78 is 11.1. The Kier molecular flexibility index (Phi) is 5.39. The number of hydrogen-bond donors (Lipinski definition) is 1. The van der Waals surface area contributed by atoms with Crippen LogP contribution < -0.4 is 0 Å². The molecular weight excluding hydrogens is 256 g/mol. The number of carbonyl (C=O) groups is 1. The number of ether oxygens (including phenoxy) is 2. The molecule has 4 heteroatoms. The maximum absolute atomic E-state index is 11.3. The van der Waals surface area contributed by atoms with Crippen LogP contribution in [0.4, 0.5) is 0 Å². The van der Waals surface area contributed by atoms with E-state index >= 15 is 0 Å². The van der Waals surface area contributed by atoms with E-state index in [0.717, 1.165) is 12.8 Å². The largest absolute Gasteiger partial charge is 0.461 e. The summed E-state index contributed by atoms with van der Waals surface area (Å²) in [5.41, 5.74) is 0.984. The van der Waals surface area contributed by atoms with E-state index in [-0.39, 0.29) is 18.1 Å². The Morgan fingerprint density at radius 3 is 2.50 bits per heavy atom. The molecule has 0 amide bonds. The lowest BCUT2D eigenvalue weighted by Crippen LogP contribution is -2.37. The molecule has 1 N–H and O–H groups in total. The molecule has 0 saturated heterocycles. The summed E-state index contributed by atoms with van der Waals surface area (Å²) in [6.45, 7) is 11.8. The predicted molar refractivity (Wildman–Crippen MR) is 78.4 cm³/mol. The molecule has 0 aromatic carbocycles. The third-order valence-corrected chi connectivity index (χ3v) is 3.56. The van der Waals surface area contributed by atoms with Gasteiger partial charge in [0.15, 0.2) is 0 Å². The van der Waals surface area contributed by atoms with Gasteiger partial charge in [-0.15, -0.1) is 0 Å². The third kappa shape index (κ3) is 5.25. The van der Waals surface area contributed by atoms with E-state index < -0.39 is 17.7 Å². The minimum Gasteiger partial charge on any atom is -0.461 e. The summed E-state index contributed by atoms with van der Waals surface area (Å²) in [6, 6.07) is 0. The van der Waals surface area contributed by atoms with Crippen LogP contribution in [0.5, 0.6) is 0 Å². The molecule has 0 bridgehead atoms. The van der Waals surface area contributed by atoms with E-state index in [2.05, 4.69) is 19.9 Å². The first kappa shape index (κ1) is 17.2. The topological polar surface area (TPSA) is 55.8 Å². The SMILES string of the molecule is CC(OC(C)(C)COC(=O)[C@H](C)O)C1=CC(C)(C)CC1. The zero-order chi connectivity index (χ0) is 15.6. The molecule has 1 aliphatic rings. The minimum absolute atomic E-state index is 0.0111. The van der Waals surface area contributed by atoms with Gasteiger partial charge in [-0.2, -0.15) is 0 Å². The summed E-state index contributed by atoms with van der Waals surface area (Å²) in [6.07, 6.45) is 3.40. The van der Waals surface area contributed by atoms with Crippen LogP contribution in [0.3, 0.4) is 0 Å². The first-order valence-electron chi connectivity index (χ1n) is 7.27. The van der Waals surface area contributed by atoms with Gasteiger partial charge in [-0.1, -0.05) is 19.9 Å². The first-order chi connectivity index (χ1) is 9.02. The molecule has 0 spiro atoms. The molecule has 1 rings (SSSR count). The lowest BCUT2D eigenvalue weighted by atomic mass is 9.94. The summed E-state index contributed by atoms with van der Waals surface area (Å²) in [4.78, 5) is 11.3. The molecule has 1 aliphatic carbocycles. The van der Waals surface area contributed by atoms with Crippen molar-refractivity contribution in [1.29, 1.82) is 0 Å². The van der Waals surface area contributed by atoms with Crippen molar-refractivity contribution in [3.8, 4) is 0 Å². The number of hydrogen-bond acceptors (Lipinski definition) is 4. The van der Waals surface area contributed by atoms with Crippen LogP contribution in [-0.4, -0.2) is 35.5 Å². The zero-order valence-corrected chi connectivity index (χ0v) is 13.5. The number of carbonyl (C=O) groups excluding carboxylic acids is 1. The summed E-state index contributed by atoms with van der Waals surface area (Å²) in [5, 5.41) is 9.11. The molecule has 20 heavy (non-hydrogen) atoms. The molecule has 2 atom stereocenters. The number of aliphatic hydroxyl groups is 1. The molecule has 0 fully saturated rings. The van der Waals surface area contributed by atoms with Gasteiger partial charge in [-0.3, -0.25) is 0 Å². The smallest absolute Gasteiger partial charge is 0.334 e. The molecule has 0 saturated carbocycles. The van der Waals surface area contributed by atoms with Crippen molar-refractivity contribution in [2.75, 3.05) is 6.61 Å². The average molecular weight is 284 g/mol. The molecule has 4 nitrogen and oxygen atoms in total. The van der Waals surface area contributed by atoms with Crippen molar-refractivity contribution >= 4 is 5.97 Å². The van der Waals surface area contributed by atoms with Crippen LogP contribution in [0.15, 0.2) is 11.6 Å².